The van der Waals surface area contributed by atoms with Gasteiger partial charge in [0.2, 0.25) is 0 Å². The lowest BCUT2D eigenvalue weighted by molar-refractivity contribution is -0.155. The molecule has 6 rings (SSSR count). The van der Waals surface area contributed by atoms with Crippen LogP contribution in [0.3, 0.4) is 0 Å². The molecule has 2 unspecified atom stereocenters. The standard InChI is InChI=1S/C19H32N2/c20-12-19(21-6-2-4-15-3-1-5-18(15)21)16-8-13-7-14(10-16)11-17(19)9-13/h13-18H,1-12,20H2. The van der Waals surface area contributed by atoms with Crippen LogP contribution < -0.4 is 5.73 Å². The molecule has 2 N–H and O–H groups in total. The first-order valence-electron chi connectivity index (χ1n) is 9.78. The number of hydrogen-bond donors (Lipinski definition) is 1. The summed E-state index contributed by atoms with van der Waals surface area (Å²) in [5, 5.41) is 0. The molecule has 2 nitrogen and oxygen atoms in total. The van der Waals surface area contributed by atoms with Crippen molar-refractivity contribution in [2.75, 3.05) is 13.1 Å². The molecule has 0 radical (unpaired) electrons. The van der Waals surface area contributed by atoms with Gasteiger partial charge in [-0.2, -0.15) is 0 Å². The van der Waals surface area contributed by atoms with Crippen LogP contribution in [-0.2, 0) is 0 Å². The van der Waals surface area contributed by atoms with Gasteiger partial charge in [-0.15, -0.1) is 0 Å². The first kappa shape index (κ1) is 13.4. The van der Waals surface area contributed by atoms with E-state index in [0.717, 1.165) is 42.2 Å². The smallest absolute Gasteiger partial charge is 0.0391 e. The second-order valence-electron chi connectivity index (χ2n) is 9.09. The Morgan fingerprint density at radius 3 is 2.19 bits per heavy atom. The maximum absolute atomic E-state index is 6.56. The SMILES string of the molecule is NCC1(N2CCCC3CCCC32)C2CC3CC(C2)CC1C3. The van der Waals surface area contributed by atoms with E-state index in [1.54, 1.807) is 6.42 Å². The Morgan fingerprint density at radius 2 is 1.52 bits per heavy atom. The first-order valence-corrected chi connectivity index (χ1v) is 9.78. The topological polar surface area (TPSA) is 29.3 Å². The van der Waals surface area contributed by atoms with E-state index in [1.165, 1.54) is 64.3 Å². The van der Waals surface area contributed by atoms with Gasteiger partial charge in [-0.1, -0.05) is 6.42 Å². The van der Waals surface area contributed by atoms with Crippen LogP contribution in [0.5, 0.6) is 0 Å². The largest absolute Gasteiger partial charge is 0.329 e. The predicted molar refractivity (Wildman–Crippen MR) is 85.9 cm³/mol. The average molecular weight is 288 g/mol. The Bertz CT molecular complexity index is 390. The van der Waals surface area contributed by atoms with Gasteiger partial charge >= 0.3 is 0 Å². The minimum atomic E-state index is 0.418. The Morgan fingerprint density at radius 1 is 0.857 bits per heavy atom. The van der Waals surface area contributed by atoms with Crippen molar-refractivity contribution in [1.29, 1.82) is 0 Å². The zero-order chi connectivity index (χ0) is 14.0. The van der Waals surface area contributed by atoms with Crippen molar-refractivity contribution in [2.45, 2.75) is 75.8 Å². The van der Waals surface area contributed by atoms with Gasteiger partial charge in [0.05, 0.1) is 0 Å². The molecule has 4 bridgehead atoms. The molecular formula is C19H32N2. The van der Waals surface area contributed by atoms with E-state index < -0.39 is 0 Å². The third-order valence-corrected chi connectivity index (χ3v) is 8.41. The summed E-state index contributed by atoms with van der Waals surface area (Å²) in [6, 6.07) is 0.903. The monoisotopic (exact) mass is 288 g/mol. The van der Waals surface area contributed by atoms with E-state index >= 15 is 0 Å². The summed E-state index contributed by atoms with van der Waals surface area (Å²) in [7, 11) is 0. The van der Waals surface area contributed by atoms with Gasteiger partial charge in [-0.3, -0.25) is 4.90 Å². The van der Waals surface area contributed by atoms with E-state index in [0.29, 0.717) is 5.54 Å². The van der Waals surface area contributed by atoms with Crippen LogP contribution in [-0.4, -0.2) is 29.6 Å². The van der Waals surface area contributed by atoms with Crippen LogP contribution in [0, 0.1) is 29.6 Å². The number of nitrogens with zero attached hydrogens (tertiary/aromatic N) is 1. The third-order valence-electron chi connectivity index (χ3n) is 8.41. The molecule has 5 saturated carbocycles. The van der Waals surface area contributed by atoms with E-state index in [9.17, 15) is 0 Å². The first-order chi connectivity index (χ1) is 10.3. The van der Waals surface area contributed by atoms with Crippen molar-refractivity contribution in [1.82, 2.24) is 4.90 Å². The molecule has 118 valence electrons. The van der Waals surface area contributed by atoms with Gasteiger partial charge < -0.3 is 5.73 Å². The van der Waals surface area contributed by atoms with E-state index in [4.69, 9.17) is 5.73 Å². The van der Waals surface area contributed by atoms with Crippen LogP contribution in [0.2, 0.25) is 0 Å². The van der Waals surface area contributed by atoms with Crippen molar-refractivity contribution in [2.24, 2.45) is 35.3 Å². The molecule has 6 aliphatic rings. The average Bonchev–Trinajstić information content (AvgIpc) is 2.96. The van der Waals surface area contributed by atoms with Crippen LogP contribution >= 0.6 is 0 Å². The molecule has 0 spiro atoms. The lowest BCUT2D eigenvalue weighted by Gasteiger charge is -2.66. The lowest BCUT2D eigenvalue weighted by Crippen LogP contribution is -2.72. The minimum Gasteiger partial charge on any atom is -0.329 e. The fourth-order valence-electron chi connectivity index (χ4n) is 7.89. The molecule has 6 fully saturated rings. The second kappa shape index (κ2) is 4.71. The highest BCUT2D eigenvalue weighted by Crippen LogP contribution is 2.61. The van der Waals surface area contributed by atoms with Gasteiger partial charge in [-0.05, 0) is 93.9 Å². The van der Waals surface area contributed by atoms with Gasteiger partial charge in [0.1, 0.15) is 0 Å². The Kier molecular flexibility index (Phi) is 3.00. The molecule has 2 heteroatoms. The van der Waals surface area contributed by atoms with Crippen molar-refractivity contribution in [3.8, 4) is 0 Å². The lowest BCUT2D eigenvalue weighted by atomic mass is 9.47. The summed E-state index contributed by atoms with van der Waals surface area (Å²) in [5.41, 5.74) is 6.98. The van der Waals surface area contributed by atoms with E-state index in [1.807, 2.05) is 0 Å². The number of hydrogen-bond acceptors (Lipinski definition) is 2. The molecule has 1 heterocycles. The molecular weight excluding hydrogens is 256 g/mol. The number of likely N-dealkylation sites (tertiary alicyclic amines) is 1. The van der Waals surface area contributed by atoms with Crippen LogP contribution in [0.15, 0.2) is 0 Å². The van der Waals surface area contributed by atoms with Gasteiger partial charge in [0.25, 0.3) is 0 Å². The van der Waals surface area contributed by atoms with Crippen LogP contribution in [0.4, 0.5) is 0 Å². The molecule has 0 aromatic carbocycles. The summed E-state index contributed by atoms with van der Waals surface area (Å²) < 4.78 is 0. The number of fused-ring (bicyclic) bond motifs is 1. The molecule has 2 atom stereocenters. The maximum Gasteiger partial charge on any atom is 0.0391 e. The normalized spacial score (nSPS) is 55.9. The third kappa shape index (κ3) is 1.72. The summed E-state index contributed by atoms with van der Waals surface area (Å²) in [4.78, 5) is 3.03. The van der Waals surface area contributed by atoms with Gasteiger partial charge in [0, 0.05) is 18.1 Å². The number of rotatable bonds is 2. The van der Waals surface area contributed by atoms with E-state index in [2.05, 4.69) is 4.90 Å². The summed E-state index contributed by atoms with van der Waals surface area (Å²) in [6.45, 7) is 2.31. The Balaban J connectivity index is 1.52. The number of nitrogens with two attached hydrogens (primary N) is 1. The fraction of sp³-hybridized carbons (Fsp3) is 1.00. The fourth-order valence-corrected chi connectivity index (χ4v) is 7.89. The van der Waals surface area contributed by atoms with Crippen LogP contribution in [0.1, 0.15) is 64.2 Å². The Labute approximate surface area is 129 Å². The Hall–Kier alpha value is -0.0800. The second-order valence-corrected chi connectivity index (χ2v) is 9.09. The quantitative estimate of drug-likeness (QED) is 0.844. The number of piperidine rings is 1. The molecule has 0 aromatic heterocycles. The van der Waals surface area contributed by atoms with Crippen molar-refractivity contribution < 1.29 is 0 Å². The van der Waals surface area contributed by atoms with Crippen molar-refractivity contribution in [3.63, 3.8) is 0 Å². The molecule has 5 aliphatic carbocycles. The summed E-state index contributed by atoms with van der Waals surface area (Å²) >= 11 is 0. The van der Waals surface area contributed by atoms with E-state index in [-0.39, 0.29) is 0 Å². The van der Waals surface area contributed by atoms with Gasteiger partial charge in [-0.25, -0.2) is 0 Å². The highest BCUT2D eigenvalue weighted by atomic mass is 15.3. The summed E-state index contributed by atoms with van der Waals surface area (Å²) in [6.07, 6.45) is 15.0. The molecule has 0 amide bonds. The van der Waals surface area contributed by atoms with Crippen molar-refractivity contribution >= 4 is 0 Å². The highest BCUT2D eigenvalue weighted by molar-refractivity contribution is 5.14. The molecule has 1 saturated heterocycles. The highest BCUT2D eigenvalue weighted by Gasteiger charge is 2.60. The maximum atomic E-state index is 6.56. The molecule has 0 aromatic rings. The van der Waals surface area contributed by atoms with Crippen LogP contribution in [0.25, 0.3) is 0 Å². The van der Waals surface area contributed by atoms with Crippen molar-refractivity contribution in [3.05, 3.63) is 0 Å². The predicted octanol–water partition coefficient (Wildman–Crippen LogP) is 3.40. The summed E-state index contributed by atoms with van der Waals surface area (Å²) in [5.74, 6) is 5.03. The molecule has 1 aliphatic heterocycles. The molecule has 21 heavy (non-hydrogen) atoms. The zero-order valence-corrected chi connectivity index (χ0v) is 13.5. The van der Waals surface area contributed by atoms with Gasteiger partial charge in [0.15, 0.2) is 0 Å². The minimum absolute atomic E-state index is 0.418. The zero-order valence-electron chi connectivity index (χ0n) is 13.5.